The van der Waals surface area contributed by atoms with Crippen molar-refractivity contribution in [3.05, 3.63) is 112 Å². The van der Waals surface area contributed by atoms with E-state index in [1.807, 2.05) is 6.92 Å². The molecule has 1 amide bonds. The average Bonchev–Trinajstić information content (AvgIpc) is 3.05. The summed E-state index contributed by atoms with van der Waals surface area (Å²) in [5, 5.41) is 9.49. The first-order chi connectivity index (χ1) is 23.3. The van der Waals surface area contributed by atoms with Gasteiger partial charge >= 0.3 is 24.6 Å². The lowest BCUT2D eigenvalue weighted by atomic mass is 9.92. The fourth-order valence-electron chi connectivity index (χ4n) is 5.48. The Morgan fingerprint density at radius 2 is 1.36 bits per heavy atom. The number of carbonyl (C=O) groups is 1. The first-order valence-electron chi connectivity index (χ1n) is 15.1. The molecule has 14 heteroatoms. The summed E-state index contributed by atoms with van der Waals surface area (Å²) in [5.74, 6) is 0.292. The quantitative estimate of drug-likeness (QED) is 0.176. The van der Waals surface area contributed by atoms with E-state index in [-0.39, 0.29) is 30.2 Å². The van der Waals surface area contributed by atoms with Gasteiger partial charge in [-0.05, 0) is 94.8 Å². The van der Waals surface area contributed by atoms with Crippen molar-refractivity contribution in [1.82, 2.24) is 4.90 Å². The highest BCUT2D eigenvalue weighted by Gasteiger charge is 2.38. The number of nitrogens with zero attached hydrogens (tertiary/aromatic N) is 1. The number of aliphatic hydroxyl groups is 1. The van der Waals surface area contributed by atoms with Gasteiger partial charge in [0.05, 0.1) is 30.4 Å². The van der Waals surface area contributed by atoms with Gasteiger partial charge in [-0.25, -0.2) is 4.79 Å². The van der Waals surface area contributed by atoms with E-state index in [2.05, 4.69) is 0 Å². The molecule has 0 aliphatic heterocycles. The van der Waals surface area contributed by atoms with Gasteiger partial charge < -0.3 is 19.5 Å². The second-order valence-electron chi connectivity index (χ2n) is 11.6. The van der Waals surface area contributed by atoms with Crippen LogP contribution in [0.3, 0.4) is 0 Å². The third-order valence-corrected chi connectivity index (χ3v) is 8.02. The molecule has 0 aromatic heterocycles. The molecule has 268 valence electrons. The Balaban J connectivity index is 1.73. The lowest BCUT2D eigenvalue weighted by molar-refractivity contribution is -0.143. The van der Waals surface area contributed by atoms with E-state index in [4.69, 9.17) is 9.47 Å². The van der Waals surface area contributed by atoms with E-state index in [0.29, 0.717) is 34.6 Å². The molecule has 50 heavy (non-hydrogen) atoms. The van der Waals surface area contributed by atoms with Gasteiger partial charge in [0.2, 0.25) is 0 Å². The maximum Gasteiger partial charge on any atom is 0.416 e. The molecule has 4 aromatic rings. The summed E-state index contributed by atoms with van der Waals surface area (Å²) in [7, 11) is 2.54. The average molecular weight is 714 g/mol. The van der Waals surface area contributed by atoms with Gasteiger partial charge in [-0.15, -0.1) is 0 Å². The highest BCUT2D eigenvalue weighted by molar-refractivity contribution is 5.81. The van der Waals surface area contributed by atoms with Crippen LogP contribution in [0, 0.1) is 6.92 Å². The molecule has 0 aliphatic carbocycles. The van der Waals surface area contributed by atoms with E-state index < -0.39 is 59.5 Å². The third kappa shape index (κ3) is 8.70. The second-order valence-corrected chi connectivity index (χ2v) is 11.6. The van der Waals surface area contributed by atoms with E-state index in [0.717, 1.165) is 28.2 Å². The molecular formula is C36H32F9NO4. The number of methoxy groups -OCH3 is 1. The van der Waals surface area contributed by atoms with E-state index in [9.17, 15) is 49.4 Å². The number of carbonyl (C=O) groups excluding carboxylic acids is 1. The lowest BCUT2D eigenvalue weighted by Gasteiger charge is -2.25. The van der Waals surface area contributed by atoms with Crippen LogP contribution in [0.15, 0.2) is 72.8 Å². The van der Waals surface area contributed by atoms with Crippen LogP contribution in [-0.4, -0.2) is 30.3 Å². The van der Waals surface area contributed by atoms with E-state index in [1.54, 1.807) is 36.4 Å². The predicted molar refractivity (Wildman–Crippen MR) is 167 cm³/mol. The van der Waals surface area contributed by atoms with Crippen LogP contribution in [0.4, 0.5) is 44.3 Å². The van der Waals surface area contributed by atoms with Gasteiger partial charge in [-0.2, -0.15) is 39.5 Å². The van der Waals surface area contributed by atoms with Crippen LogP contribution in [0.1, 0.15) is 58.4 Å². The largest absolute Gasteiger partial charge is 0.496 e. The SMILES string of the molecule is CC[C@H](OC(=O)N(C)Cc1cc(C(F)(F)F)ccc1-c1cc(-c2ccc(CO)cc2C)ccc1OC)c1cc(C(F)(F)F)cc(C(F)(F)F)c1. The van der Waals surface area contributed by atoms with Gasteiger partial charge in [-0.3, -0.25) is 0 Å². The van der Waals surface area contributed by atoms with E-state index >= 15 is 0 Å². The van der Waals surface area contributed by atoms with Crippen molar-refractivity contribution in [2.24, 2.45) is 0 Å². The molecule has 0 unspecified atom stereocenters. The zero-order valence-corrected chi connectivity index (χ0v) is 27.1. The number of ether oxygens (including phenoxy) is 2. The Morgan fingerprint density at radius 3 is 1.88 bits per heavy atom. The van der Waals surface area contributed by atoms with Crippen LogP contribution in [0.5, 0.6) is 5.75 Å². The molecule has 0 radical (unpaired) electrons. The Labute approximate surface area is 281 Å². The van der Waals surface area contributed by atoms with Crippen LogP contribution >= 0.6 is 0 Å². The molecule has 0 saturated heterocycles. The van der Waals surface area contributed by atoms with Crippen LogP contribution in [-0.2, 0) is 36.4 Å². The summed E-state index contributed by atoms with van der Waals surface area (Å²) >= 11 is 0. The van der Waals surface area contributed by atoms with Gasteiger partial charge in [-0.1, -0.05) is 37.3 Å². The van der Waals surface area contributed by atoms with Crippen molar-refractivity contribution >= 4 is 6.09 Å². The standard InChI is InChI=1S/C36H32F9NO4/c1-5-31(23-13-26(35(40,41)42)17-27(14-23)36(43,44)45)50-33(48)46(3)18-24-15-25(34(37,38)39)8-10-29(24)30-16-22(7-11-32(30)49-4)28-9-6-21(19-47)12-20(28)2/h6-17,31,47H,5,18-19H2,1-4H3/t31-/m0/s1. The topological polar surface area (TPSA) is 59.0 Å². The van der Waals surface area contributed by atoms with Gasteiger partial charge in [0.25, 0.3) is 0 Å². The van der Waals surface area contributed by atoms with Gasteiger partial charge in [0.15, 0.2) is 0 Å². The molecule has 4 aromatic carbocycles. The summed E-state index contributed by atoms with van der Waals surface area (Å²) in [6.07, 6.45) is -18.0. The van der Waals surface area contributed by atoms with Crippen LogP contribution in [0.25, 0.3) is 22.3 Å². The fourth-order valence-corrected chi connectivity index (χ4v) is 5.48. The first-order valence-corrected chi connectivity index (χ1v) is 15.1. The Morgan fingerprint density at radius 1 is 0.760 bits per heavy atom. The number of halogens is 9. The minimum absolute atomic E-state index is 0.00597. The third-order valence-electron chi connectivity index (χ3n) is 8.02. The normalized spacial score (nSPS) is 12.8. The minimum Gasteiger partial charge on any atom is -0.496 e. The van der Waals surface area contributed by atoms with E-state index in [1.165, 1.54) is 27.1 Å². The Hall–Kier alpha value is -4.72. The number of rotatable bonds is 9. The molecule has 0 heterocycles. The summed E-state index contributed by atoms with van der Waals surface area (Å²) in [5.41, 5.74) is -1.20. The van der Waals surface area contributed by atoms with Crippen LogP contribution < -0.4 is 4.74 Å². The molecule has 0 bridgehead atoms. The number of amides is 1. The lowest BCUT2D eigenvalue weighted by Crippen LogP contribution is -2.29. The number of alkyl halides is 9. The number of hydrogen-bond acceptors (Lipinski definition) is 4. The molecule has 0 aliphatic rings. The minimum atomic E-state index is -5.13. The van der Waals surface area contributed by atoms with Crippen LogP contribution in [0.2, 0.25) is 0 Å². The number of aryl methyl sites for hydroxylation is 1. The zero-order chi connectivity index (χ0) is 37.2. The molecule has 0 saturated carbocycles. The second kappa shape index (κ2) is 14.6. The summed E-state index contributed by atoms with van der Waals surface area (Å²) < 4.78 is 133. The van der Waals surface area contributed by atoms with Crippen molar-refractivity contribution < 1.29 is 58.9 Å². The molecule has 4 rings (SSSR count). The molecular weight excluding hydrogens is 681 g/mol. The molecule has 0 fully saturated rings. The first kappa shape index (κ1) is 38.1. The highest BCUT2D eigenvalue weighted by atomic mass is 19.4. The van der Waals surface area contributed by atoms with Gasteiger partial charge in [0.1, 0.15) is 11.9 Å². The monoisotopic (exact) mass is 713 g/mol. The van der Waals surface area contributed by atoms with Crippen molar-refractivity contribution in [2.75, 3.05) is 14.2 Å². The van der Waals surface area contributed by atoms with Gasteiger partial charge in [0, 0.05) is 19.2 Å². The number of hydrogen-bond donors (Lipinski definition) is 1. The molecule has 0 spiro atoms. The smallest absolute Gasteiger partial charge is 0.416 e. The molecule has 1 N–H and O–H groups in total. The van der Waals surface area contributed by atoms with Crippen molar-refractivity contribution in [1.29, 1.82) is 0 Å². The van der Waals surface area contributed by atoms with Crippen molar-refractivity contribution in [2.45, 2.75) is 58.1 Å². The summed E-state index contributed by atoms with van der Waals surface area (Å²) in [6.45, 7) is 2.54. The Kier molecular flexibility index (Phi) is 11.1. The molecule has 5 nitrogen and oxygen atoms in total. The highest BCUT2D eigenvalue weighted by Crippen LogP contribution is 2.41. The van der Waals surface area contributed by atoms with Crippen molar-refractivity contribution in [3.8, 4) is 28.0 Å². The summed E-state index contributed by atoms with van der Waals surface area (Å²) in [4.78, 5) is 14.1. The number of aliphatic hydroxyl groups excluding tert-OH is 1. The molecule has 1 atom stereocenters. The fraction of sp³-hybridized carbons (Fsp3) is 0.306. The maximum atomic E-state index is 13.9. The summed E-state index contributed by atoms with van der Waals surface area (Å²) in [6, 6.07) is 14.2. The zero-order valence-electron chi connectivity index (χ0n) is 27.1. The van der Waals surface area contributed by atoms with Crippen molar-refractivity contribution in [3.63, 3.8) is 0 Å². The Bertz CT molecular complexity index is 1820. The number of benzene rings is 4. The predicted octanol–water partition coefficient (Wildman–Crippen LogP) is 10.6. The maximum absolute atomic E-state index is 13.9.